The van der Waals surface area contributed by atoms with E-state index in [9.17, 15) is 14.7 Å². The molecular formula is C22H18ClF2N3O3. The number of aromatic carboxylic acids is 1. The van der Waals surface area contributed by atoms with E-state index in [2.05, 4.69) is 0 Å². The fourth-order valence-electron chi connectivity index (χ4n) is 3.91. The summed E-state index contributed by atoms with van der Waals surface area (Å²) < 4.78 is 33.5. The lowest BCUT2D eigenvalue weighted by molar-refractivity contribution is 0.0694. The summed E-state index contributed by atoms with van der Waals surface area (Å²) in [6, 6.07) is 6.33. The molecule has 1 aliphatic rings. The minimum absolute atomic E-state index is 0. The molecule has 9 heteroatoms. The van der Waals surface area contributed by atoms with E-state index in [4.69, 9.17) is 5.73 Å². The monoisotopic (exact) mass is 445 g/mol. The molecule has 1 aliphatic carbocycles. The number of carbonyl (C=O) groups is 1. The second kappa shape index (κ2) is 7.47. The van der Waals surface area contributed by atoms with E-state index in [1.54, 1.807) is 12.4 Å². The van der Waals surface area contributed by atoms with Gasteiger partial charge in [-0.2, -0.15) is 0 Å². The third kappa shape index (κ3) is 3.28. The van der Waals surface area contributed by atoms with Crippen LogP contribution in [0.25, 0.3) is 27.4 Å². The highest BCUT2D eigenvalue weighted by molar-refractivity contribution is 5.93. The van der Waals surface area contributed by atoms with Crippen molar-refractivity contribution in [3.8, 4) is 5.69 Å². The molecule has 0 bridgehead atoms. The normalized spacial score (nSPS) is 13.5. The van der Waals surface area contributed by atoms with Crippen molar-refractivity contribution in [1.82, 2.24) is 9.13 Å². The summed E-state index contributed by atoms with van der Waals surface area (Å²) in [5.74, 6) is -3.26. The highest BCUT2D eigenvalue weighted by Gasteiger charge is 2.30. The predicted molar refractivity (Wildman–Crippen MR) is 115 cm³/mol. The van der Waals surface area contributed by atoms with E-state index >= 15 is 8.78 Å². The molecule has 5 rings (SSSR count). The second-order valence-electron chi connectivity index (χ2n) is 7.57. The van der Waals surface area contributed by atoms with Gasteiger partial charge in [-0.15, -0.1) is 12.4 Å². The number of hydrogen-bond donors (Lipinski definition) is 2. The fraction of sp³-hybridized carbons (Fsp3) is 0.182. The Morgan fingerprint density at radius 3 is 2.48 bits per heavy atom. The van der Waals surface area contributed by atoms with Crippen LogP contribution < -0.4 is 11.2 Å². The van der Waals surface area contributed by atoms with E-state index in [1.807, 2.05) is 18.2 Å². The van der Waals surface area contributed by atoms with Gasteiger partial charge in [-0.05, 0) is 35.9 Å². The van der Waals surface area contributed by atoms with Gasteiger partial charge in [0, 0.05) is 36.6 Å². The van der Waals surface area contributed by atoms with Gasteiger partial charge in [0.2, 0.25) is 5.43 Å². The molecule has 0 atom stereocenters. The van der Waals surface area contributed by atoms with Crippen molar-refractivity contribution in [3.05, 3.63) is 75.8 Å². The molecule has 1 fully saturated rings. The van der Waals surface area contributed by atoms with Crippen molar-refractivity contribution < 1.29 is 18.7 Å². The summed E-state index contributed by atoms with van der Waals surface area (Å²) in [4.78, 5) is 24.0. The van der Waals surface area contributed by atoms with E-state index in [1.165, 1.54) is 9.13 Å². The Morgan fingerprint density at radius 2 is 1.84 bits per heavy atom. The van der Waals surface area contributed by atoms with E-state index in [0.717, 1.165) is 41.4 Å². The van der Waals surface area contributed by atoms with Gasteiger partial charge in [0.05, 0.1) is 10.9 Å². The SMILES string of the molecule is Cl.NCc1ccc2cn(-c3c(F)cc4c(=O)c(C(=O)O)cn(C5CC5)c4c3F)cc2c1. The van der Waals surface area contributed by atoms with Crippen LogP contribution in [0.5, 0.6) is 0 Å². The van der Waals surface area contributed by atoms with E-state index in [-0.39, 0.29) is 35.0 Å². The summed E-state index contributed by atoms with van der Waals surface area (Å²) in [6.07, 6.45) is 5.84. The summed E-state index contributed by atoms with van der Waals surface area (Å²) >= 11 is 0. The molecule has 4 aromatic rings. The van der Waals surface area contributed by atoms with Crippen molar-refractivity contribution in [2.75, 3.05) is 0 Å². The lowest BCUT2D eigenvalue weighted by Gasteiger charge is -2.15. The van der Waals surface area contributed by atoms with Gasteiger partial charge in [0.1, 0.15) is 11.3 Å². The second-order valence-corrected chi connectivity index (χ2v) is 7.57. The minimum atomic E-state index is -1.42. The standard InChI is InChI=1S/C22H17F2N3O3.ClH/c23-17-6-15-19(27(14-3-4-14)10-16(21(15)28)22(29)30)18(24)20(17)26-8-12-2-1-11(7-25)5-13(12)9-26;/h1-2,5-6,8-10,14H,3-4,7,25H2,(H,29,30);1H. The molecule has 0 radical (unpaired) electrons. The van der Waals surface area contributed by atoms with Gasteiger partial charge in [0.25, 0.3) is 0 Å². The van der Waals surface area contributed by atoms with Crippen LogP contribution in [0.4, 0.5) is 8.78 Å². The number of hydrogen-bond acceptors (Lipinski definition) is 3. The first-order valence-corrected chi connectivity index (χ1v) is 9.50. The highest BCUT2D eigenvalue weighted by atomic mass is 35.5. The predicted octanol–water partition coefficient (Wildman–Crippen LogP) is 4.14. The number of carboxylic acid groups (broad SMARTS) is 1. The van der Waals surface area contributed by atoms with Crippen LogP contribution >= 0.6 is 12.4 Å². The zero-order valence-electron chi connectivity index (χ0n) is 16.1. The Labute approximate surface area is 180 Å². The van der Waals surface area contributed by atoms with Gasteiger partial charge in [-0.3, -0.25) is 4.79 Å². The zero-order chi connectivity index (χ0) is 21.2. The highest BCUT2D eigenvalue weighted by Crippen LogP contribution is 2.39. The molecule has 0 unspecified atom stereocenters. The van der Waals surface area contributed by atoms with Crippen molar-refractivity contribution in [1.29, 1.82) is 0 Å². The maximum Gasteiger partial charge on any atom is 0.341 e. The first-order chi connectivity index (χ1) is 14.4. The number of carboxylic acids is 1. The molecule has 0 spiro atoms. The number of nitrogens with two attached hydrogens (primary N) is 1. The number of pyridine rings is 1. The lowest BCUT2D eigenvalue weighted by atomic mass is 10.1. The van der Waals surface area contributed by atoms with E-state index in [0.29, 0.717) is 6.54 Å². The Kier molecular flexibility index (Phi) is 5.07. The third-order valence-corrected chi connectivity index (χ3v) is 5.56. The van der Waals surface area contributed by atoms with Gasteiger partial charge in [0.15, 0.2) is 11.6 Å². The number of aromatic nitrogens is 2. The number of fused-ring (bicyclic) bond motifs is 2. The molecule has 6 nitrogen and oxygen atoms in total. The van der Waals surface area contributed by atoms with Crippen molar-refractivity contribution >= 4 is 40.1 Å². The first kappa shape index (κ1) is 21.0. The van der Waals surface area contributed by atoms with Crippen LogP contribution in [-0.4, -0.2) is 20.2 Å². The molecule has 2 heterocycles. The van der Waals surface area contributed by atoms with Crippen LogP contribution in [0.1, 0.15) is 34.8 Å². The first-order valence-electron chi connectivity index (χ1n) is 9.50. The van der Waals surface area contributed by atoms with Crippen LogP contribution in [0.3, 0.4) is 0 Å². The van der Waals surface area contributed by atoms with Gasteiger partial charge in [-0.25, -0.2) is 13.6 Å². The fourth-order valence-corrected chi connectivity index (χ4v) is 3.91. The minimum Gasteiger partial charge on any atom is -0.477 e. The average molecular weight is 446 g/mol. The molecule has 0 aliphatic heterocycles. The molecule has 0 amide bonds. The third-order valence-electron chi connectivity index (χ3n) is 5.56. The molecule has 2 aromatic carbocycles. The van der Waals surface area contributed by atoms with Crippen LogP contribution in [0.15, 0.2) is 47.7 Å². The number of benzene rings is 2. The number of rotatable bonds is 4. The molecule has 3 N–H and O–H groups in total. The van der Waals surface area contributed by atoms with Crippen molar-refractivity contribution in [3.63, 3.8) is 0 Å². The molecule has 0 saturated heterocycles. The quantitative estimate of drug-likeness (QED) is 0.494. The summed E-state index contributed by atoms with van der Waals surface area (Å²) in [5, 5.41) is 10.6. The topological polar surface area (TPSA) is 90.2 Å². The van der Waals surface area contributed by atoms with Crippen molar-refractivity contribution in [2.24, 2.45) is 5.73 Å². The maximum absolute atomic E-state index is 15.7. The maximum atomic E-state index is 15.7. The van der Waals surface area contributed by atoms with Crippen LogP contribution in [0.2, 0.25) is 0 Å². The Hall–Kier alpha value is -3.23. The average Bonchev–Trinajstić information content (AvgIpc) is 3.47. The largest absolute Gasteiger partial charge is 0.477 e. The summed E-state index contributed by atoms with van der Waals surface area (Å²) in [5.41, 5.74) is 4.77. The summed E-state index contributed by atoms with van der Waals surface area (Å²) in [7, 11) is 0. The Balaban J connectivity index is 0.00000231. The van der Waals surface area contributed by atoms with Crippen molar-refractivity contribution in [2.45, 2.75) is 25.4 Å². The molecular weight excluding hydrogens is 428 g/mol. The number of nitrogens with zero attached hydrogens (tertiary/aromatic N) is 2. The smallest absolute Gasteiger partial charge is 0.341 e. The molecule has 2 aromatic heterocycles. The Morgan fingerprint density at radius 1 is 1.13 bits per heavy atom. The lowest BCUT2D eigenvalue weighted by Crippen LogP contribution is -2.20. The Bertz CT molecular complexity index is 1420. The van der Waals surface area contributed by atoms with Gasteiger partial charge in [-0.1, -0.05) is 12.1 Å². The molecule has 31 heavy (non-hydrogen) atoms. The zero-order valence-corrected chi connectivity index (χ0v) is 17.0. The van der Waals surface area contributed by atoms with Crippen LogP contribution in [-0.2, 0) is 6.54 Å². The number of halogens is 3. The summed E-state index contributed by atoms with van der Waals surface area (Å²) in [6.45, 7) is 0.347. The van der Waals surface area contributed by atoms with Crippen LogP contribution in [0, 0.1) is 11.6 Å². The van der Waals surface area contributed by atoms with Gasteiger partial charge >= 0.3 is 5.97 Å². The molecule has 1 saturated carbocycles. The van der Waals surface area contributed by atoms with Gasteiger partial charge < -0.3 is 20.0 Å². The molecule has 160 valence electrons. The van der Waals surface area contributed by atoms with E-state index < -0.39 is 28.6 Å².